The van der Waals surface area contributed by atoms with Crippen LogP contribution in [0.3, 0.4) is 0 Å². The van der Waals surface area contributed by atoms with E-state index >= 15 is 0 Å². The molecule has 3 rings (SSSR count). The molecule has 2 amide bonds. The van der Waals surface area contributed by atoms with Gasteiger partial charge < -0.3 is 15.5 Å². The molecule has 1 unspecified atom stereocenters. The van der Waals surface area contributed by atoms with Gasteiger partial charge >= 0.3 is 0 Å². The summed E-state index contributed by atoms with van der Waals surface area (Å²) in [5.74, 6) is 0.274. The number of carbonyl (C=O) groups excluding carboxylic acids is 2. The van der Waals surface area contributed by atoms with Crippen LogP contribution in [0.25, 0.3) is 0 Å². The van der Waals surface area contributed by atoms with Gasteiger partial charge in [0, 0.05) is 29.8 Å². The van der Waals surface area contributed by atoms with Gasteiger partial charge in [0.1, 0.15) is 0 Å². The molecule has 2 N–H and O–H groups in total. The van der Waals surface area contributed by atoms with Gasteiger partial charge in [-0.15, -0.1) is 12.4 Å². The van der Waals surface area contributed by atoms with Gasteiger partial charge in [0.05, 0.1) is 0 Å². The highest BCUT2D eigenvalue weighted by Gasteiger charge is 2.25. The molecule has 0 spiro atoms. The predicted octanol–water partition coefficient (Wildman–Crippen LogP) is 3.37. The normalized spacial score (nSPS) is 21.0. The molecule has 0 aromatic heterocycles. The maximum atomic E-state index is 12.8. The summed E-state index contributed by atoms with van der Waals surface area (Å²) in [5, 5.41) is 6.32. The lowest BCUT2D eigenvalue weighted by molar-refractivity contribution is -0.120. The lowest BCUT2D eigenvalue weighted by Crippen LogP contribution is -2.42. The Balaban J connectivity index is 0.00000243. The molecule has 5 nitrogen and oxygen atoms in total. The minimum atomic E-state index is 0. The molecule has 0 aliphatic carbocycles. The minimum absolute atomic E-state index is 0. The Bertz CT molecular complexity index is 644. The topological polar surface area (TPSA) is 61.4 Å². The van der Waals surface area contributed by atoms with Gasteiger partial charge in [-0.2, -0.15) is 0 Å². The third-order valence-electron chi connectivity index (χ3n) is 5.51. The zero-order chi connectivity index (χ0) is 17.8. The highest BCUT2D eigenvalue weighted by molar-refractivity contribution is 5.97. The van der Waals surface area contributed by atoms with E-state index in [9.17, 15) is 9.59 Å². The van der Waals surface area contributed by atoms with Crippen LogP contribution in [0.1, 0.15) is 54.9 Å². The quantitative estimate of drug-likeness (QED) is 0.846. The van der Waals surface area contributed by atoms with Crippen molar-refractivity contribution >= 4 is 29.9 Å². The summed E-state index contributed by atoms with van der Waals surface area (Å²) in [5.41, 5.74) is 2.47. The highest BCUT2D eigenvalue weighted by atomic mass is 35.5. The largest absolute Gasteiger partial charge is 0.336 e. The van der Waals surface area contributed by atoms with Crippen molar-refractivity contribution in [2.24, 2.45) is 5.92 Å². The van der Waals surface area contributed by atoms with E-state index in [0.717, 1.165) is 56.6 Å². The summed E-state index contributed by atoms with van der Waals surface area (Å²) in [7, 11) is 0. The fraction of sp³-hybridized carbons (Fsp3) is 0.600. The van der Waals surface area contributed by atoms with Gasteiger partial charge in [-0.1, -0.05) is 0 Å². The number of benzene rings is 1. The van der Waals surface area contributed by atoms with Crippen LogP contribution in [0.15, 0.2) is 18.2 Å². The van der Waals surface area contributed by atoms with Crippen molar-refractivity contribution in [2.75, 3.05) is 25.0 Å². The molecular weight excluding hydrogens is 350 g/mol. The third kappa shape index (κ3) is 4.77. The van der Waals surface area contributed by atoms with E-state index in [1.807, 2.05) is 30.0 Å². The predicted molar refractivity (Wildman–Crippen MR) is 107 cm³/mol. The van der Waals surface area contributed by atoms with Crippen molar-refractivity contribution in [3.05, 3.63) is 29.3 Å². The number of nitrogens with one attached hydrogen (secondary N) is 2. The number of amides is 2. The smallest absolute Gasteiger partial charge is 0.254 e. The second kappa shape index (κ2) is 9.38. The summed E-state index contributed by atoms with van der Waals surface area (Å²) in [4.78, 5) is 27.2. The number of piperidine rings is 2. The van der Waals surface area contributed by atoms with Crippen molar-refractivity contribution in [3.8, 4) is 0 Å². The van der Waals surface area contributed by atoms with E-state index in [0.29, 0.717) is 11.6 Å². The Morgan fingerprint density at radius 2 is 1.88 bits per heavy atom. The summed E-state index contributed by atoms with van der Waals surface area (Å²) >= 11 is 0. The van der Waals surface area contributed by atoms with Crippen molar-refractivity contribution in [1.29, 1.82) is 0 Å². The first-order valence-corrected chi connectivity index (χ1v) is 9.49. The molecule has 1 atom stereocenters. The van der Waals surface area contributed by atoms with Gasteiger partial charge in [0.2, 0.25) is 5.91 Å². The van der Waals surface area contributed by atoms with Crippen molar-refractivity contribution in [2.45, 2.75) is 52.0 Å². The average molecular weight is 380 g/mol. The SMILES string of the molecule is Cc1cc(C(=O)N2CCCCC2C)ccc1NC(=O)C1CCNCC1.Cl. The molecular formula is C20H30ClN3O2. The molecule has 144 valence electrons. The fourth-order valence-electron chi connectivity index (χ4n) is 3.82. The Hall–Kier alpha value is -1.59. The van der Waals surface area contributed by atoms with Crippen molar-refractivity contribution < 1.29 is 9.59 Å². The van der Waals surface area contributed by atoms with Gasteiger partial charge in [-0.3, -0.25) is 9.59 Å². The van der Waals surface area contributed by atoms with E-state index < -0.39 is 0 Å². The molecule has 2 aliphatic rings. The van der Waals surface area contributed by atoms with E-state index in [1.54, 1.807) is 0 Å². The zero-order valence-corrected chi connectivity index (χ0v) is 16.5. The van der Waals surface area contributed by atoms with Crippen LogP contribution < -0.4 is 10.6 Å². The fourth-order valence-corrected chi connectivity index (χ4v) is 3.82. The number of hydrogen-bond acceptors (Lipinski definition) is 3. The lowest BCUT2D eigenvalue weighted by atomic mass is 9.97. The number of aryl methyl sites for hydroxylation is 1. The summed E-state index contributed by atoms with van der Waals surface area (Å²) in [6.45, 7) is 6.72. The number of likely N-dealkylation sites (tertiary alicyclic amines) is 1. The number of halogens is 1. The first-order chi connectivity index (χ1) is 12.1. The summed E-state index contributed by atoms with van der Waals surface area (Å²) < 4.78 is 0. The van der Waals surface area contributed by atoms with Crippen LogP contribution >= 0.6 is 12.4 Å². The van der Waals surface area contributed by atoms with E-state index in [4.69, 9.17) is 0 Å². The summed E-state index contributed by atoms with van der Waals surface area (Å²) in [6.07, 6.45) is 5.13. The lowest BCUT2D eigenvalue weighted by Gasteiger charge is -2.33. The average Bonchev–Trinajstić information content (AvgIpc) is 2.64. The second-order valence-corrected chi connectivity index (χ2v) is 7.39. The minimum Gasteiger partial charge on any atom is -0.336 e. The Labute approximate surface area is 162 Å². The molecule has 2 fully saturated rings. The zero-order valence-electron chi connectivity index (χ0n) is 15.7. The molecule has 2 heterocycles. The Morgan fingerprint density at radius 3 is 2.54 bits per heavy atom. The molecule has 1 aromatic rings. The number of anilines is 1. The Morgan fingerprint density at radius 1 is 1.15 bits per heavy atom. The molecule has 26 heavy (non-hydrogen) atoms. The standard InChI is InChI=1S/C20H29N3O2.ClH/c1-14-13-17(20(25)23-12-4-3-5-15(23)2)6-7-18(14)22-19(24)16-8-10-21-11-9-16;/h6-7,13,15-16,21H,3-5,8-12H2,1-2H3,(H,22,24);1H. The van der Waals surface area contributed by atoms with Crippen molar-refractivity contribution in [3.63, 3.8) is 0 Å². The maximum absolute atomic E-state index is 12.8. The van der Waals surface area contributed by atoms with Gasteiger partial charge in [-0.25, -0.2) is 0 Å². The van der Waals surface area contributed by atoms with E-state index in [-0.39, 0.29) is 30.1 Å². The van der Waals surface area contributed by atoms with Crippen molar-refractivity contribution in [1.82, 2.24) is 10.2 Å². The number of nitrogens with zero attached hydrogens (tertiary/aromatic N) is 1. The Kier molecular flexibility index (Phi) is 7.47. The van der Waals surface area contributed by atoms with Crippen LogP contribution in [0, 0.1) is 12.8 Å². The summed E-state index contributed by atoms with van der Waals surface area (Å²) in [6, 6.07) is 5.92. The van der Waals surface area contributed by atoms with Crippen LogP contribution in [-0.2, 0) is 4.79 Å². The number of rotatable bonds is 3. The van der Waals surface area contributed by atoms with Gasteiger partial charge in [0.25, 0.3) is 5.91 Å². The number of hydrogen-bond donors (Lipinski definition) is 2. The molecule has 1 aromatic carbocycles. The molecule has 0 saturated carbocycles. The second-order valence-electron chi connectivity index (χ2n) is 7.39. The van der Waals surface area contributed by atoms with Crippen LogP contribution in [0.5, 0.6) is 0 Å². The molecule has 0 bridgehead atoms. The van der Waals surface area contributed by atoms with Crippen LogP contribution in [0.2, 0.25) is 0 Å². The first kappa shape index (κ1) is 20.7. The molecule has 0 radical (unpaired) electrons. The molecule has 2 aliphatic heterocycles. The van der Waals surface area contributed by atoms with Gasteiger partial charge in [0.15, 0.2) is 0 Å². The highest BCUT2D eigenvalue weighted by Crippen LogP contribution is 2.23. The van der Waals surface area contributed by atoms with Gasteiger partial charge in [-0.05, 0) is 82.8 Å². The van der Waals surface area contributed by atoms with E-state index in [1.165, 1.54) is 6.42 Å². The first-order valence-electron chi connectivity index (χ1n) is 9.49. The monoisotopic (exact) mass is 379 g/mol. The van der Waals surface area contributed by atoms with Crippen LogP contribution in [-0.4, -0.2) is 42.4 Å². The maximum Gasteiger partial charge on any atom is 0.254 e. The molecule has 6 heteroatoms. The molecule has 2 saturated heterocycles. The van der Waals surface area contributed by atoms with Crippen LogP contribution in [0.4, 0.5) is 5.69 Å². The third-order valence-corrected chi connectivity index (χ3v) is 5.51. The van der Waals surface area contributed by atoms with E-state index in [2.05, 4.69) is 17.6 Å². The number of carbonyl (C=O) groups is 2.